The van der Waals surface area contributed by atoms with Gasteiger partial charge in [-0.1, -0.05) is 29.3 Å². The largest absolute Gasteiger partial charge is 0.349 e. The van der Waals surface area contributed by atoms with E-state index in [1.54, 1.807) is 23.1 Å². The minimum atomic E-state index is -0.531. The number of benzene rings is 1. The Kier molecular flexibility index (Phi) is 5.48. The number of carbonyl (C=O) groups is 2. The zero-order valence-electron chi connectivity index (χ0n) is 15.9. The second kappa shape index (κ2) is 8.05. The van der Waals surface area contributed by atoms with E-state index in [9.17, 15) is 9.59 Å². The summed E-state index contributed by atoms with van der Waals surface area (Å²) in [7, 11) is 0. The van der Waals surface area contributed by atoms with Crippen LogP contribution in [0, 0.1) is 6.92 Å². The normalized spacial score (nSPS) is 16.4. The van der Waals surface area contributed by atoms with E-state index in [1.807, 2.05) is 35.7 Å². The van der Waals surface area contributed by atoms with Crippen molar-refractivity contribution < 1.29 is 9.59 Å². The first-order valence-corrected chi connectivity index (χ1v) is 10.2. The van der Waals surface area contributed by atoms with Crippen LogP contribution in [-0.4, -0.2) is 38.7 Å². The molecule has 1 fully saturated rings. The number of rotatable bonds is 4. The fourth-order valence-electron chi connectivity index (χ4n) is 3.68. The monoisotopic (exact) mass is 430 g/mol. The van der Waals surface area contributed by atoms with Gasteiger partial charge in [0.2, 0.25) is 5.91 Å². The van der Waals surface area contributed by atoms with Crippen molar-refractivity contribution in [3.63, 3.8) is 0 Å². The van der Waals surface area contributed by atoms with Crippen LogP contribution in [0.4, 0.5) is 0 Å². The predicted molar refractivity (Wildman–Crippen MR) is 112 cm³/mol. The molecule has 1 aliphatic heterocycles. The summed E-state index contributed by atoms with van der Waals surface area (Å²) in [6.07, 6.45) is 3.28. The highest BCUT2D eigenvalue weighted by molar-refractivity contribution is 6.35. The van der Waals surface area contributed by atoms with Crippen molar-refractivity contribution in [2.24, 2.45) is 0 Å². The van der Waals surface area contributed by atoms with Crippen LogP contribution in [0.15, 0.2) is 42.6 Å². The lowest BCUT2D eigenvalue weighted by Crippen LogP contribution is -2.45. The van der Waals surface area contributed by atoms with Crippen LogP contribution < -0.4 is 5.32 Å². The molecule has 1 N–H and O–H groups in total. The first-order chi connectivity index (χ1) is 13.9. The number of amides is 2. The molecule has 0 bridgehead atoms. The number of aromatic nitrogens is 2. The van der Waals surface area contributed by atoms with Gasteiger partial charge in [-0.25, -0.2) is 4.98 Å². The minimum Gasteiger partial charge on any atom is -0.349 e. The number of likely N-dealkylation sites (tertiary alicyclic amines) is 1. The average molecular weight is 431 g/mol. The van der Waals surface area contributed by atoms with Gasteiger partial charge in [0.25, 0.3) is 5.91 Å². The molecule has 29 heavy (non-hydrogen) atoms. The zero-order valence-corrected chi connectivity index (χ0v) is 17.4. The number of hydrogen-bond acceptors (Lipinski definition) is 3. The van der Waals surface area contributed by atoms with Crippen LogP contribution in [0.1, 0.15) is 34.6 Å². The van der Waals surface area contributed by atoms with Gasteiger partial charge in [-0.2, -0.15) is 0 Å². The van der Waals surface area contributed by atoms with Crippen LogP contribution in [0.3, 0.4) is 0 Å². The Bertz CT molecular complexity index is 1100. The molecule has 4 rings (SSSR count). The molecule has 2 aromatic heterocycles. The molecule has 0 aliphatic carbocycles. The SMILES string of the molecule is Cc1cccc2nc(CNC(=O)C3CCCN3C(=O)c3cc(Cl)ccc3Cl)cn12. The Balaban J connectivity index is 1.46. The highest BCUT2D eigenvalue weighted by Gasteiger charge is 2.35. The lowest BCUT2D eigenvalue weighted by atomic mass is 10.1. The predicted octanol–water partition coefficient (Wildman–Crippen LogP) is 3.87. The lowest BCUT2D eigenvalue weighted by molar-refractivity contribution is -0.125. The second-order valence-electron chi connectivity index (χ2n) is 7.13. The van der Waals surface area contributed by atoms with Crippen molar-refractivity contribution in [2.75, 3.05) is 6.54 Å². The van der Waals surface area contributed by atoms with E-state index < -0.39 is 6.04 Å². The molecular weight excluding hydrogens is 411 g/mol. The maximum atomic E-state index is 13.0. The van der Waals surface area contributed by atoms with E-state index >= 15 is 0 Å². The zero-order chi connectivity index (χ0) is 20.5. The van der Waals surface area contributed by atoms with Gasteiger partial charge in [0.1, 0.15) is 11.7 Å². The van der Waals surface area contributed by atoms with Gasteiger partial charge in [0.05, 0.1) is 22.8 Å². The van der Waals surface area contributed by atoms with Crippen LogP contribution in [0.2, 0.25) is 10.0 Å². The maximum absolute atomic E-state index is 13.0. The summed E-state index contributed by atoms with van der Waals surface area (Å²) in [4.78, 5) is 31.9. The first kappa shape index (κ1) is 19.7. The molecule has 6 nitrogen and oxygen atoms in total. The van der Waals surface area contributed by atoms with Gasteiger partial charge in [0, 0.05) is 23.5 Å². The third kappa shape index (κ3) is 3.95. The molecule has 1 aliphatic rings. The van der Waals surface area contributed by atoms with Gasteiger partial charge in [0.15, 0.2) is 0 Å². The Morgan fingerprint density at radius 3 is 2.86 bits per heavy atom. The molecule has 0 radical (unpaired) electrons. The third-order valence-electron chi connectivity index (χ3n) is 5.16. The Morgan fingerprint density at radius 1 is 1.24 bits per heavy atom. The number of aryl methyl sites for hydroxylation is 1. The van der Waals surface area contributed by atoms with Crippen molar-refractivity contribution in [1.82, 2.24) is 19.6 Å². The number of halogens is 2. The molecule has 150 valence electrons. The summed E-state index contributed by atoms with van der Waals surface area (Å²) < 4.78 is 1.98. The third-order valence-corrected chi connectivity index (χ3v) is 5.73. The van der Waals surface area contributed by atoms with E-state index in [1.165, 1.54) is 0 Å². The maximum Gasteiger partial charge on any atom is 0.256 e. The fourth-order valence-corrected chi connectivity index (χ4v) is 4.05. The Morgan fingerprint density at radius 2 is 2.07 bits per heavy atom. The van der Waals surface area contributed by atoms with Gasteiger partial charge in [-0.05, 0) is 50.1 Å². The average Bonchev–Trinajstić information content (AvgIpc) is 3.35. The smallest absolute Gasteiger partial charge is 0.256 e. The van der Waals surface area contributed by atoms with Crippen molar-refractivity contribution in [2.45, 2.75) is 32.4 Å². The van der Waals surface area contributed by atoms with Gasteiger partial charge >= 0.3 is 0 Å². The molecular formula is C21H20Cl2N4O2. The first-order valence-electron chi connectivity index (χ1n) is 9.41. The summed E-state index contributed by atoms with van der Waals surface area (Å²) >= 11 is 12.2. The van der Waals surface area contributed by atoms with Crippen molar-refractivity contribution in [3.05, 3.63) is 69.6 Å². The van der Waals surface area contributed by atoms with Crippen LogP contribution in [-0.2, 0) is 11.3 Å². The van der Waals surface area contributed by atoms with E-state index in [0.717, 1.165) is 23.5 Å². The molecule has 1 atom stereocenters. The van der Waals surface area contributed by atoms with Crippen molar-refractivity contribution >= 4 is 40.7 Å². The summed E-state index contributed by atoms with van der Waals surface area (Å²) in [6.45, 7) is 2.81. The number of imidazole rings is 1. The molecule has 8 heteroatoms. The van der Waals surface area contributed by atoms with E-state index in [2.05, 4.69) is 10.3 Å². The van der Waals surface area contributed by atoms with Crippen molar-refractivity contribution in [1.29, 1.82) is 0 Å². The summed E-state index contributed by atoms with van der Waals surface area (Å²) in [6, 6.07) is 10.1. The van der Waals surface area contributed by atoms with Gasteiger partial charge in [-0.3, -0.25) is 9.59 Å². The van der Waals surface area contributed by atoms with Crippen molar-refractivity contribution in [3.8, 4) is 0 Å². The number of pyridine rings is 1. The summed E-state index contributed by atoms with van der Waals surface area (Å²) in [5.74, 6) is -0.471. The Labute approximate surface area is 178 Å². The lowest BCUT2D eigenvalue weighted by Gasteiger charge is -2.24. The van der Waals surface area contributed by atoms with Crippen LogP contribution in [0.5, 0.6) is 0 Å². The molecule has 0 spiro atoms. The van der Waals surface area contributed by atoms with E-state index in [4.69, 9.17) is 23.2 Å². The number of hydrogen-bond donors (Lipinski definition) is 1. The number of fused-ring (bicyclic) bond motifs is 1. The highest BCUT2D eigenvalue weighted by atomic mass is 35.5. The quantitative estimate of drug-likeness (QED) is 0.682. The number of nitrogens with zero attached hydrogens (tertiary/aromatic N) is 3. The fraction of sp³-hybridized carbons (Fsp3) is 0.286. The molecule has 2 amide bonds. The van der Waals surface area contributed by atoms with E-state index in [-0.39, 0.29) is 11.8 Å². The van der Waals surface area contributed by atoms with Crippen LogP contribution >= 0.6 is 23.2 Å². The number of carbonyl (C=O) groups excluding carboxylic acids is 2. The van der Waals surface area contributed by atoms with Crippen LogP contribution in [0.25, 0.3) is 5.65 Å². The highest BCUT2D eigenvalue weighted by Crippen LogP contribution is 2.26. The molecule has 3 aromatic rings. The van der Waals surface area contributed by atoms with E-state index in [0.29, 0.717) is 35.1 Å². The molecule has 1 aromatic carbocycles. The van der Waals surface area contributed by atoms with Gasteiger partial charge in [-0.15, -0.1) is 0 Å². The summed E-state index contributed by atoms with van der Waals surface area (Å²) in [5.41, 5.74) is 2.98. The van der Waals surface area contributed by atoms with Gasteiger partial charge < -0.3 is 14.6 Å². The summed E-state index contributed by atoms with van der Waals surface area (Å²) in [5, 5.41) is 3.67. The topological polar surface area (TPSA) is 66.7 Å². The Hall–Kier alpha value is -2.57. The second-order valence-corrected chi connectivity index (χ2v) is 7.97. The molecule has 3 heterocycles. The standard InChI is InChI=1S/C21H20Cl2N4O2/c1-13-4-2-6-19-25-15(12-27(13)19)11-24-20(28)18-5-3-9-26(18)21(29)16-10-14(22)7-8-17(16)23/h2,4,6-8,10,12,18H,3,5,9,11H2,1H3,(H,24,28). The molecule has 1 saturated heterocycles. The molecule has 1 unspecified atom stereocenters. The minimum absolute atomic E-state index is 0.192. The number of nitrogens with one attached hydrogen (secondary N) is 1. The molecule has 0 saturated carbocycles.